The molecule has 0 bridgehead atoms. The number of carbonyl (C=O) groups is 1. The predicted octanol–water partition coefficient (Wildman–Crippen LogP) is 2.96. The Bertz CT molecular complexity index is 471. The lowest BCUT2D eigenvalue weighted by Gasteiger charge is -2.27. The third-order valence-corrected chi connectivity index (χ3v) is 4.65. The molecule has 0 saturated heterocycles. The summed E-state index contributed by atoms with van der Waals surface area (Å²) in [6.07, 6.45) is 1.30. The summed E-state index contributed by atoms with van der Waals surface area (Å²) in [6, 6.07) is 5.70. The second-order valence-corrected chi connectivity index (χ2v) is 6.10. The average molecular weight is 295 g/mol. The predicted molar refractivity (Wildman–Crippen MR) is 79.6 cm³/mol. The Morgan fingerprint density at radius 1 is 1.42 bits per heavy atom. The Hall–Kier alpha value is -1.17. The molecule has 3 nitrogen and oxygen atoms in total. The van der Waals surface area contributed by atoms with Crippen LogP contribution in [0.5, 0.6) is 0 Å². The highest BCUT2D eigenvalue weighted by molar-refractivity contribution is 7.10. The first-order chi connectivity index (χ1) is 9.16. The first kappa shape index (κ1) is 14.2. The molecule has 1 unspecified atom stereocenters. The molecule has 19 heavy (non-hydrogen) atoms. The van der Waals surface area contributed by atoms with Crippen LogP contribution in [0, 0.1) is 0 Å². The van der Waals surface area contributed by atoms with E-state index < -0.39 is 5.60 Å². The minimum absolute atomic E-state index is 0.0206. The number of aliphatic hydroxyl groups is 1. The monoisotopic (exact) mass is 295 g/mol. The van der Waals surface area contributed by atoms with Crippen molar-refractivity contribution in [3.05, 3.63) is 44.8 Å². The van der Waals surface area contributed by atoms with Crippen molar-refractivity contribution in [2.45, 2.75) is 25.4 Å². The van der Waals surface area contributed by atoms with Gasteiger partial charge in [-0.25, -0.2) is 0 Å². The van der Waals surface area contributed by atoms with E-state index in [-0.39, 0.29) is 12.5 Å². The molecule has 0 aromatic carbocycles. The van der Waals surface area contributed by atoms with Crippen LogP contribution in [0.1, 0.15) is 30.2 Å². The molecule has 2 rings (SSSR count). The number of hydrogen-bond donors (Lipinski definition) is 2. The van der Waals surface area contributed by atoms with Crippen LogP contribution in [0.4, 0.5) is 0 Å². The van der Waals surface area contributed by atoms with Gasteiger partial charge < -0.3 is 10.4 Å². The number of thiophene rings is 2. The van der Waals surface area contributed by atoms with Gasteiger partial charge in [-0.2, -0.15) is 11.3 Å². The number of carbonyl (C=O) groups excluding carboxylic acids is 1. The van der Waals surface area contributed by atoms with Gasteiger partial charge in [0, 0.05) is 16.9 Å². The molecule has 1 amide bonds. The molecular weight excluding hydrogens is 278 g/mol. The molecular formula is C14H17NO2S2. The fourth-order valence-electron chi connectivity index (χ4n) is 1.89. The van der Waals surface area contributed by atoms with Gasteiger partial charge in [0.2, 0.25) is 5.91 Å². The number of amides is 1. The third kappa shape index (κ3) is 3.23. The molecule has 0 aliphatic rings. The third-order valence-electron chi connectivity index (χ3n) is 2.95. The molecule has 0 saturated carbocycles. The van der Waals surface area contributed by atoms with Gasteiger partial charge in [0.05, 0.1) is 6.54 Å². The summed E-state index contributed by atoms with van der Waals surface area (Å²) >= 11 is 3.04. The van der Waals surface area contributed by atoms with Gasteiger partial charge in [-0.15, -0.1) is 11.3 Å². The van der Waals surface area contributed by atoms with Crippen LogP contribution in [0.25, 0.3) is 0 Å². The molecule has 0 aliphatic heterocycles. The Morgan fingerprint density at radius 2 is 2.26 bits per heavy atom. The van der Waals surface area contributed by atoms with Crippen molar-refractivity contribution in [2.75, 3.05) is 6.54 Å². The normalized spacial score (nSPS) is 14.0. The fraction of sp³-hybridized carbons (Fsp3) is 0.357. The van der Waals surface area contributed by atoms with E-state index in [1.807, 2.05) is 41.3 Å². The van der Waals surface area contributed by atoms with Crippen molar-refractivity contribution in [3.63, 3.8) is 0 Å². The van der Waals surface area contributed by atoms with E-state index in [2.05, 4.69) is 5.32 Å². The zero-order chi connectivity index (χ0) is 13.7. The van der Waals surface area contributed by atoms with Gasteiger partial charge in [0.1, 0.15) is 5.60 Å². The quantitative estimate of drug-likeness (QED) is 0.861. The first-order valence-electron chi connectivity index (χ1n) is 6.22. The molecule has 2 N–H and O–H groups in total. The highest BCUT2D eigenvalue weighted by Gasteiger charge is 2.33. The Kier molecular flexibility index (Phi) is 4.74. The summed E-state index contributed by atoms with van der Waals surface area (Å²) in [5, 5.41) is 19.6. The van der Waals surface area contributed by atoms with Gasteiger partial charge in [-0.1, -0.05) is 13.0 Å². The molecule has 2 aromatic rings. The Balaban J connectivity index is 2.19. The molecule has 2 aromatic heterocycles. The van der Waals surface area contributed by atoms with Crippen molar-refractivity contribution in [1.29, 1.82) is 0 Å². The summed E-state index contributed by atoms with van der Waals surface area (Å²) in [7, 11) is 0. The highest BCUT2D eigenvalue weighted by Crippen LogP contribution is 2.33. The van der Waals surface area contributed by atoms with Crippen molar-refractivity contribution >= 4 is 28.6 Å². The van der Waals surface area contributed by atoms with Crippen LogP contribution in [-0.4, -0.2) is 17.6 Å². The van der Waals surface area contributed by atoms with E-state index in [0.717, 1.165) is 16.9 Å². The van der Waals surface area contributed by atoms with Crippen LogP contribution in [0.3, 0.4) is 0 Å². The molecule has 1 atom stereocenters. The molecule has 0 radical (unpaired) electrons. The smallest absolute Gasteiger partial charge is 0.220 e. The highest BCUT2D eigenvalue weighted by atomic mass is 32.1. The van der Waals surface area contributed by atoms with Gasteiger partial charge in [0.25, 0.3) is 0 Å². The van der Waals surface area contributed by atoms with E-state index in [9.17, 15) is 9.90 Å². The molecule has 102 valence electrons. The fourth-order valence-corrected chi connectivity index (χ4v) is 3.46. The summed E-state index contributed by atoms with van der Waals surface area (Å²) in [6.45, 7) is 2.17. The molecule has 5 heteroatoms. The van der Waals surface area contributed by atoms with Crippen molar-refractivity contribution in [1.82, 2.24) is 5.32 Å². The second kappa shape index (κ2) is 6.32. The lowest BCUT2D eigenvalue weighted by atomic mass is 9.94. The Morgan fingerprint density at radius 3 is 2.84 bits per heavy atom. The maximum absolute atomic E-state index is 11.6. The lowest BCUT2D eigenvalue weighted by Crippen LogP contribution is -2.40. The van der Waals surface area contributed by atoms with Crippen molar-refractivity contribution in [2.24, 2.45) is 0 Å². The standard InChI is InChI=1S/C14H17NO2S2/c1-2-4-13(16)15-10-14(17,11-6-8-18-9-11)12-5-3-7-19-12/h3,5-9,17H,2,4,10H2,1H3,(H,15,16). The van der Waals surface area contributed by atoms with Crippen LogP contribution >= 0.6 is 22.7 Å². The number of rotatable bonds is 6. The minimum Gasteiger partial charge on any atom is -0.378 e. The van der Waals surface area contributed by atoms with Gasteiger partial charge >= 0.3 is 0 Å². The average Bonchev–Trinajstić information content (AvgIpc) is 3.08. The maximum atomic E-state index is 11.6. The van der Waals surface area contributed by atoms with E-state index >= 15 is 0 Å². The zero-order valence-electron chi connectivity index (χ0n) is 10.8. The summed E-state index contributed by atoms with van der Waals surface area (Å²) < 4.78 is 0. The zero-order valence-corrected chi connectivity index (χ0v) is 12.4. The largest absolute Gasteiger partial charge is 0.378 e. The molecule has 0 spiro atoms. The van der Waals surface area contributed by atoms with Crippen molar-refractivity contribution in [3.8, 4) is 0 Å². The van der Waals surface area contributed by atoms with Gasteiger partial charge in [0.15, 0.2) is 0 Å². The topological polar surface area (TPSA) is 49.3 Å². The number of hydrogen-bond acceptors (Lipinski definition) is 4. The molecule has 0 aliphatic carbocycles. The maximum Gasteiger partial charge on any atom is 0.220 e. The van der Waals surface area contributed by atoms with E-state index in [4.69, 9.17) is 0 Å². The second-order valence-electron chi connectivity index (χ2n) is 4.38. The lowest BCUT2D eigenvalue weighted by molar-refractivity contribution is -0.122. The first-order valence-corrected chi connectivity index (χ1v) is 8.05. The van der Waals surface area contributed by atoms with E-state index in [1.54, 1.807) is 11.3 Å². The van der Waals surface area contributed by atoms with Gasteiger partial charge in [-0.3, -0.25) is 4.79 Å². The molecule has 0 fully saturated rings. The summed E-state index contributed by atoms with van der Waals surface area (Å²) in [5.41, 5.74) is -0.297. The molecule has 2 heterocycles. The summed E-state index contributed by atoms with van der Waals surface area (Å²) in [5.74, 6) is -0.0206. The SMILES string of the molecule is CCCC(=O)NCC(O)(c1ccsc1)c1cccs1. The minimum atomic E-state index is -1.13. The van der Waals surface area contributed by atoms with Gasteiger partial charge in [-0.05, 0) is 34.7 Å². The number of nitrogens with one attached hydrogen (secondary N) is 1. The van der Waals surface area contributed by atoms with Crippen LogP contribution in [0.2, 0.25) is 0 Å². The van der Waals surface area contributed by atoms with E-state index in [0.29, 0.717) is 6.42 Å². The summed E-state index contributed by atoms with van der Waals surface area (Å²) in [4.78, 5) is 12.5. The van der Waals surface area contributed by atoms with E-state index in [1.165, 1.54) is 11.3 Å². The van der Waals surface area contributed by atoms with Crippen LogP contribution in [-0.2, 0) is 10.4 Å². The Labute approximate surface area is 120 Å². The van der Waals surface area contributed by atoms with Crippen LogP contribution < -0.4 is 5.32 Å². The van der Waals surface area contributed by atoms with Crippen LogP contribution in [0.15, 0.2) is 34.3 Å². The van der Waals surface area contributed by atoms with Crippen molar-refractivity contribution < 1.29 is 9.90 Å².